The monoisotopic (exact) mass is 271 g/mol. The number of nitrogens with two attached hydrogens (primary N) is 2. The molecule has 1 atom stereocenters. The van der Waals surface area contributed by atoms with Crippen LogP contribution in [0.15, 0.2) is 42.5 Å². The van der Waals surface area contributed by atoms with E-state index in [9.17, 15) is 10.0 Å². The van der Waals surface area contributed by atoms with Crippen LogP contribution < -0.4 is 21.3 Å². The van der Waals surface area contributed by atoms with Crippen molar-refractivity contribution in [1.82, 2.24) is 0 Å². The molecule has 1 heterocycles. The Hall–Kier alpha value is -2.73. The van der Waals surface area contributed by atoms with Gasteiger partial charge in [0.1, 0.15) is 11.4 Å². The number of carbonyl (C=O) groups is 1. The van der Waals surface area contributed by atoms with Crippen molar-refractivity contribution in [3.63, 3.8) is 0 Å². The molecule has 1 aliphatic heterocycles. The van der Waals surface area contributed by atoms with Crippen molar-refractivity contribution in [1.29, 1.82) is 0 Å². The third kappa shape index (κ3) is 1.92. The summed E-state index contributed by atoms with van der Waals surface area (Å²) >= 11 is 0. The summed E-state index contributed by atoms with van der Waals surface area (Å²) in [5.74, 6) is -0.0727. The zero-order valence-electron chi connectivity index (χ0n) is 10.5. The Bertz CT molecular complexity index is 670. The zero-order chi connectivity index (χ0) is 14.3. The van der Waals surface area contributed by atoms with Crippen molar-refractivity contribution in [2.45, 2.75) is 6.23 Å². The average Bonchev–Trinajstić information content (AvgIpc) is 2.76. The third-order valence-electron chi connectivity index (χ3n) is 3.17. The Labute approximate surface area is 115 Å². The molecule has 20 heavy (non-hydrogen) atoms. The van der Waals surface area contributed by atoms with E-state index >= 15 is 0 Å². The van der Waals surface area contributed by atoms with Crippen molar-refractivity contribution >= 4 is 17.3 Å². The average molecular weight is 271 g/mol. The number of ether oxygens (including phenoxy) is 1. The van der Waals surface area contributed by atoms with Crippen LogP contribution in [-0.2, 0) is 0 Å². The highest BCUT2D eigenvalue weighted by Crippen LogP contribution is 2.42. The first-order chi connectivity index (χ1) is 9.56. The molecule has 102 valence electrons. The second-order valence-electron chi connectivity index (χ2n) is 4.53. The van der Waals surface area contributed by atoms with Crippen LogP contribution in [0.3, 0.4) is 0 Å². The van der Waals surface area contributed by atoms with Gasteiger partial charge in [-0.15, -0.1) is 0 Å². The number of fused-ring (bicyclic) bond motifs is 1. The Morgan fingerprint density at radius 3 is 2.55 bits per heavy atom. The molecule has 0 aliphatic carbocycles. The zero-order valence-corrected chi connectivity index (χ0v) is 10.5. The Balaban J connectivity index is 1.96. The molecule has 0 saturated carbocycles. The van der Waals surface area contributed by atoms with Crippen molar-refractivity contribution in [3.05, 3.63) is 53.6 Å². The van der Waals surface area contributed by atoms with Gasteiger partial charge in [-0.25, -0.2) is 5.06 Å². The molecule has 6 nitrogen and oxygen atoms in total. The van der Waals surface area contributed by atoms with Crippen molar-refractivity contribution in [2.75, 3.05) is 10.8 Å². The predicted molar refractivity (Wildman–Crippen MR) is 73.4 cm³/mol. The molecule has 0 radical (unpaired) electrons. The molecule has 6 heteroatoms. The van der Waals surface area contributed by atoms with Gasteiger partial charge >= 0.3 is 0 Å². The van der Waals surface area contributed by atoms with Gasteiger partial charge < -0.3 is 16.2 Å². The highest BCUT2D eigenvalue weighted by Gasteiger charge is 2.31. The molecule has 0 spiro atoms. The maximum atomic E-state index is 11.2. The van der Waals surface area contributed by atoms with Gasteiger partial charge in [0, 0.05) is 16.8 Å². The van der Waals surface area contributed by atoms with E-state index in [2.05, 4.69) is 0 Å². The Morgan fingerprint density at radius 2 is 1.90 bits per heavy atom. The molecule has 1 amide bonds. The lowest BCUT2D eigenvalue weighted by atomic mass is 10.1. The summed E-state index contributed by atoms with van der Waals surface area (Å²) in [5, 5.41) is 11.2. The van der Waals surface area contributed by atoms with E-state index in [1.54, 1.807) is 36.4 Å². The molecule has 0 saturated heterocycles. The van der Waals surface area contributed by atoms with E-state index in [0.29, 0.717) is 22.7 Å². The first-order valence-corrected chi connectivity index (χ1v) is 6.00. The van der Waals surface area contributed by atoms with Crippen LogP contribution in [-0.4, -0.2) is 11.1 Å². The van der Waals surface area contributed by atoms with Crippen LogP contribution in [0.2, 0.25) is 0 Å². The maximum Gasteiger partial charge on any atom is 0.248 e. The van der Waals surface area contributed by atoms with Crippen molar-refractivity contribution in [2.24, 2.45) is 5.73 Å². The van der Waals surface area contributed by atoms with Gasteiger partial charge in [0.05, 0.1) is 0 Å². The second kappa shape index (κ2) is 4.43. The normalized spacial score (nSPS) is 16.6. The molecular weight excluding hydrogens is 258 g/mol. The van der Waals surface area contributed by atoms with E-state index in [1.165, 1.54) is 6.07 Å². The summed E-state index contributed by atoms with van der Waals surface area (Å²) in [6, 6.07) is 11.6. The first-order valence-electron chi connectivity index (χ1n) is 6.00. The Kier molecular flexibility index (Phi) is 2.73. The number of anilines is 2. The molecule has 0 bridgehead atoms. The lowest BCUT2D eigenvalue weighted by Gasteiger charge is -2.18. The summed E-state index contributed by atoms with van der Waals surface area (Å²) in [5.41, 5.74) is 12.9. The molecule has 1 aliphatic rings. The first kappa shape index (κ1) is 12.3. The van der Waals surface area contributed by atoms with Crippen molar-refractivity contribution in [3.8, 4) is 5.75 Å². The van der Waals surface area contributed by atoms with E-state index in [0.717, 1.165) is 10.6 Å². The highest BCUT2D eigenvalue weighted by molar-refractivity contribution is 5.94. The molecule has 1 unspecified atom stereocenters. The quantitative estimate of drug-likeness (QED) is 0.721. The van der Waals surface area contributed by atoms with E-state index in [-0.39, 0.29) is 0 Å². The maximum absolute atomic E-state index is 11.2. The standard InChI is InChI=1S/C14H13N3O3/c15-10-4-1-8(2-5-10)14-17(19)11-7-9(13(16)18)3-6-12(11)20-14/h1-7,14,19H,15H2,(H2,16,18). The summed E-state index contributed by atoms with van der Waals surface area (Å²) in [6.07, 6.45) is -0.672. The third-order valence-corrected chi connectivity index (χ3v) is 3.17. The van der Waals surface area contributed by atoms with Gasteiger partial charge in [-0.2, -0.15) is 0 Å². The summed E-state index contributed by atoms with van der Waals surface area (Å²) in [7, 11) is 0. The predicted octanol–water partition coefficient (Wildman–Crippen LogP) is 1.65. The fourth-order valence-corrected chi connectivity index (χ4v) is 2.12. The molecule has 3 rings (SSSR count). The SMILES string of the molecule is NC(=O)c1ccc2c(c1)N(O)C(c1ccc(N)cc1)O2. The number of hydroxylamine groups is 1. The number of nitrogens with zero attached hydrogens (tertiary/aromatic N) is 1. The van der Waals surface area contributed by atoms with Gasteiger partial charge in [0.2, 0.25) is 12.1 Å². The smallest absolute Gasteiger partial charge is 0.248 e. The van der Waals surface area contributed by atoms with Crippen LogP contribution in [0.4, 0.5) is 11.4 Å². The molecule has 2 aromatic carbocycles. The van der Waals surface area contributed by atoms with Crippen LogP contribution in [0.5, 0.6) is 5.75 Å². The molecule has 0 fully saturated rings. The minimum Gasteiger partial charge on any atom is -0.462 e. The second-order valence-corrected chi connectivity index (χ2v) is 4.53. The van der Waals surface area contributed by atoms with Gasteiger partial charge in [-0.1, -0.05) is 12.1 Å². The van der Waals surface area contributed by atoms with Crippen LogP contribution in [0.25, 0.3) is 0 Å². The number of amides is 1. The van der Waals surface area contributed by atoms with E-state index in [1.807, 2.05) is 0 Å². The number of carbonyl (C=O) groups excluding carboxylic acids is 1. The number of rotatable bonds is 2. The van der Waals surface area contributed by atoms with Crippen LogP contribution in [0.1, 0.15) is 22.1 Å². The van der Waals surface area contributed by atoms with Crippen LogP contribution >= 0.6 is 0 Å². The van der Waals surface area contributed by atoms with E-state index in [4.69, 9.17) is 16.2 Å². The van der Waals surface area contributed by atoms with Gasteiger partial charge in [0.25, 0.3) is 0 Å². The lowest BCUT2D eigenvalue weighted by molar-refractivity contribution is 0.100. The summed E-state index contributed by atoms with van der Waals surface area (Å²) in [4.78, 5) is 11.2. The summed E-state index contributed by atoms with van der Waals surface area (Å²) in [6.45, 7) is 0. The number of hydrogen-bond acceptors (Lipinski definition) is 5. The van der Waals surface area contributed by atoms with Gasteiger partial charge in [0.15, 0.2) is 0 Å². The van der Waals surface area contributed by atoms with Gasteiger partial charge in [-0.3, -0.25) is 10.0 Å². The molecule has 0 aromatic heterocycles. The number of benzene rings is 2. The van der Waals surface area contributed by atoms with E-state index < -0.39 is 12.1 Å². The topological polar surface area (TPSA) is 102 Å². The molecule has 5 N–H and O–H groups in total. The minimum atomic E-state index is -0.672. The van der Waals surface area contributed by atoms with Crippen LogP contribution in [0, 0.1) is 0 Å². The minimum absolute atomic E-state index is 0.310. The largest absolute Gasteiger partial charge is 0.462 e. The number of hydrogen-bond donors (Lipinski definition) is 3. The fourth-order valence-electron chi connectivity index (χ4n) is 2.12. The lowest BCUT2D eigenvalue weighted by Crippen LogP contribution is -2.23. The molecule has 2 aromatic rings. The Morgan fingerprint density at radius 1 is 1.20 bits per heavy atom. The molecular formula is C14H13N3O3. The fraction of sp³-hybridized carbons (Fsp3) is 0.0714. The number of primary amides is 1. The van der Waals surface area contributed by atoms with Gasteiger partial charge in [-0.05, 0) is 30.3 Å². The van der Waals surface area contributed by atoms with Crippen molar-refractivity contribution < 1.29 is 14.7 Å². The summed E-state index contributed by atoms with van der Waals surface area (Å²) < 4.78 is 5.66. The highest BCUT2D eigenvalue weighted by atomic mass is 16.6. The number of nitrogen functional groups attached to an aromatic ring is 1.